The quantitative estimate of drug-likeness (QED) is 0.848. The highest BCUT2D eigenvalue weighted by Gasteiger charge is 2.29. The number of piperidine rings is 1. The van der Waals surface area contributed by atoms with Gasteiger partial charge in [0, 0.05) is 25.0 Å². The topological polar surface area (TPSA) is 49.4 Å². The molecule has 2 aliphatic rings. The molecule has 5 heteroatoms. The van der Waals surface area contributed by atoms with Crippen LogP contribution in [0.1, 0.15) is 68.1 Å². The van der Waals surface area contributed by atoms with Crippen LogP contribution in [-0.2, 0) is 4.79 Å². The zero-order valence-corrected chi connectivity index (χ0v) is 16.1. The van der Waals surface area contributed by atoms with E-state index in [1.54, 1.807) is 12.1 Å². The molecule has 1 aliphatic heterocycles. The third-order valence-corrected chi connectivity index (χ3v) is 6.04. The zero-order chi connectivity index (χ0) is 18.4. The summed E-state index contributed by atoms with van der Waals surface area (Å²) in [6.45, 7) is 1.24. The predicted molar refractivity (Wildman–Crippen MR) is 104 cm³/mol. The van der Waals surface area contributed by atoms with E-state index in [1.165, 1.54) is 32.1 Å². The van der Waals surface area contributed by atoms with Crippen molar-refractivity contribution in [2.24, 2.45) is 5.92 Å². The Labute approximate surface area is 161 Å². The minimum Gasteiger partial charge on any atom is -0.353 e. The third-order valence-electron chi connectivity index (χ3n) is 5.71. The Bertz CT molecular complexity index is 618. The number of halogens is 1. The number of hydrogen-bond donors (Lipinski definition) is 1. The molecular formula is C21H29ClN2O2. The maximum Gasteiger partial charge on any atom is 0.255 e. The second-order valence-electron chi connectivity index (χ2n) is 7.60. The molecule has 26 heavy (non-hydrogen) atoms. The summed E-state index contributed by atoms with van der Waals surface area (Å²) in [5, 5.41) is 3.77. The Morgan fingerprint density at radius 1 is 0.923 bits per heavy atom. The molecule has 2 amide bonds. The Morgan fingerprint density at radius 3 is 2.19 bits per heavy atom. The summed E-state index contributed by atoms with van der Waals surface area (Å²) in [6.07, 6.45) is 10.0. The van der Waals surface area contributed by atoms with Crippen LogP contribution in [0.15, 0.2) is 24.3 Å². The Kier molecular flexibility index (Phi) is 6.95. The van der Waals surface area contributed by atoms with Gasteiger partial charge in [-0.15, -0.1) is 0 Å². The third kappa shape index (κ3) is 5.00. The smallest absolute Gasteiger partial charge is 0.255 e. The van der Waals surface area contributed by atoms with Crippen molar-refractivity contribution < 1.29 is 9.59 Å². The number of nitrogens with one attached hydrogen (secondary N) is 1. The molecule has 1 heterocycles. The maximum absolute atomic E-state index is 12.6. The maximum atomic E-state index is 12.6. The van der Waals surface area contributed by atoms with Gasteiger partial charge in [0.2, 0.25) is 5.91 Å². The van der Waals surface area contributed by atoms with Gasteiger partial charge in [0.1, 0.15) is 0 Å². The lowest BCUT2D eigenvalue weighted by atomic mass is 9.93. The lowest BCUT2D eigenvalue weighted by Crippen LogP contribution is -2.45. The monoisotopic (exact) mass is 376 g/mol. The molecule has 2 fully saturated rings. The second-order valence-corrected chi connectivity index (χ2v) is 8.00. The number of carbonyl (C=O) groups excluding carboxylic acids is 2. The van der Waals surface area contributed by atoms with Gasteiger partial charge in [-0.3, -0.25) is 9.59 Å². The summed E-state index contributed by atoms with van der Waals surface area (Å²) in [7, 11) is 0. The lowest BCUT2D eigenvalue weighted by molar-refractivity contribution is -0.127. The van der Waals surface area contributed by atoms with Gasteiger partial charge in [0.25, 0.3) is 5.91 Å². The van der Waals surface area contributed by atoms with E-state index in [2.05, 4.69) is 5.32 Å². The average molecular weight is 377 g/mol. The van der Waals surface area contributed by atoms with E-state index < -0.39 is 0 Å². The standard InChI is InChI=1S/C21H29ClN2O2/c22-19-11-7-6-10-18(19)21(26)24-14-12-16(13-15-24)20(25)23-17-8-4-2-1-3-5-9-17/h6-7,10-11,16-17H,1-5,8-9,12-15H2,(H,23,25). The molecule has 0 aromatic heterocycles. The van der Waals surface area contributed by atoms with Crippen LogP contribution >= 0.6 is 11.6 Å². The molecule has 4 nitrogen and oxygen atoms in total. The first kappa shape index (κ1) is 19.2. The van der Waals surface area contributed by atoms with Crippen LogP contribution in [0, 0.1) is 5.92 Å². The highest BCUT2D eigenvalue weighted by molar-refractivity contribution is 6.33. The highest BCUT2D eigenvalue weighted by Crippen LogP contribution is 2.23. The van der Waals surface area contributed by atoms with Crippen molar-refractivity contribution in [2.75, 3.05) is 13.1 Å². The second kappa shape index (κ2) is 9.40. The fraction of sp³-hybridized carbons (Fsp3) is 0.619. The van der Waals surface area contributed by atoms with Gasteiger partial charge in [0.05, 0.1) is 10.6 Å². The van der Waals surface area contributed by atoms with Gasteiger partial charge in [-0.05, 0) is 37.8 Å². The largest absolute Gasteiger partial charge is 0.353 e. The summed E-state index contributed by atoms with van der Waals surface area (Å²) >= 11 is 6.14. The molecule has 0 bridgehead atoms. The summed E-state index contributed by atoms with van der Waals surface area (Å²) in [6, 6.07) is 7.49. The first-order valence-corrected chi connectivity index (χ1v) is 10.4. The van der Waals surface area contributed by atoms with Crippen molar-refractivity contribution in [3.05, 3.63) is 34.9 Å². The van der Waals surface area contributed by atoms with Crippen molar-refractivity contribution in [2.45, 2.75) is 63.8 Å². The number of carbonyl (C=O) groups is 2. The van der Waals surface area contributed by atoms with Gasteiger partial charge in [-0.25, -0.2) is 0 Å². The normalized spacial score (nSPS) is 20.3. The molecule has 1 saturated carbocycles. The van der Waals surface area contributed by atoms with Gasteiger partial charge < -0.3 is 10.2 Å². The molecule has 1 N–H and O–H groups in total. The van der Waals surface area contributed by atoms with Gasteiger partial charge >= 0.3 is 0 Å². The van der Waals surface area contributed by atoms with E-state index in [1.807, 2.05) is 17.0 Å². The van der Waals surface area contributed by atoms with Crippen molar-refractivity contribution in [1.29, 1.82) is 0 Å². The van der Waals surface area contributed by atoms with E-state index in [9.17, 15) is 9.59 Å². The summed E-state index contributed by atoms with van der Waals surface area (Å²) in [5.74, 6) is 0.172. The predicted octanol–water partition coefficient (Wildman–Crippen LogP) is 4.42. The molecule has 3 rings (SSSR count). The van der Waals surface area contributed by atoms with Crippen molar-refractivity contribution in [3.63, 3.8) is 0 Å². The summed E-state index contributed by atoms with van der Waals surface area (Å²) in [4.78, 5) is 27.1. The van der Waals surface area contributed by atoms with Crippen LogP contribution in [0.5, 0.6) is 0 Å². The fourth-order valence-corrected chi connectivity index (χ4v) is 4.29. The average Bonchev–Trinajstić information content (AvgIpc) is 2.64. The molecule has 0 radical (unpaired) electrons. The number of benzene rings is 1. The number of amides is 2. The van der Waals surface area contributed by atoms with E-state index in [0.717, 1.165) is 25.7 Å². The number of nitrogens with zero attached hydrogens (tertiary/aromatic N) is 1. The van der Waals surface area contributed by atoms with Crippen LogP contribution in [-0.4, -0.2) is 35.8 Å². The Balaban J connectivity index is 1.49. The van der Waals surface area contributed by atoms with Gasteiger partial charge in [-0.2, -0.15) is 0 Å². The van der Waals surface area contributed by atoms with Crippen LogP contribution in [0.4, 0.5) is 0 Å². The fourth-order valence-electron chi connectivity index (χ4n) is 4.07. The lowest BCUT2D eigenvalue weighted by Gasteiger charge is -2.32. The van der Waals surface area contributed by atoms with E-state index in [-0.39, 0.29) is 17.7 Å². The molecule has 0 unspecified atom stereocenters. The SMILES string of the molecule is O=C(NC1CCCCCCC1)C1CCN(C(=O)c2ccccc2Cl)CC1. The number of rotatable bonds is 3. The van der Waals surface area contributed by atoms with Crippen molar-refractivity contribution in [1.82, 2.24) is 10.2 Å². The van der Waals surface area contributed by atoms with Crippen LogP contribution in [0.25, 0.3) is 0 Å². The van der Waals surface area contributed by atoms with Crippen LogP contribution < -0.4 is 5.32 Å². The number of hydrogen-bond acceptors (Lipinski definition) is 2. The molecule has 1 aliphatic carbocycles. The minimum absolute atomic E-state index is 0.0238. The highest BCUT2D eigenvalue weighted by atomic mass is 35.5. The molecular weight excluding hydrogens is 348 g/mol. The molecule has 1 saturated heterocycles. The van der Waals surface area contributed by atoms with Crippen molar-refractivity contribution in [3.8, 4) is 0 Å². The Morgan fingerprint density at radius 2 is 1.54 bits per heavy atom. The summed E-state index contributed by atoms with van der Waals surface area (Å²) < 4.78 is 0. The molecule has 1 aromatic rings. The van der Waals surface area contributed by atoms with E-state index in [0.29, 0.717) is 29.7 Å². The minimum atomic E-state index is -0.0329. The van der Waals surface area contributed by atoms with Gasteiger partial charge in [0.15, 0.2) is 0 Å². The van der Waals surface area contributed by atoms with E-state index >= 15 is 0 Å². The van der Waals surface area contributed by atoms with Gasteiger partial charge in [-0.1, -0.05) is 55.8 Å². The zero-order valence-electron chi connectivity index (χ0n) is 15.4. The van der Waals surface area contributed by atoms with Crippen molar-refractivity contribution >= 4 is 23.4 Å². The summed E-state index contributed by atoms with van der Waals surface area (Å²) in [5.41, 5.74) is 0.548. The molecule has 0 atom stereocenters. The van der Waals surface area contributed by atoms with E-state index in [4.69, 9.17) is 11.6 Å². The first-order chi connectivity index (χ1) is 12.6. The number of likely N-dealkylation sites (tertiary alicyclic amines) is 1. The molecule has 0 spiro atoms. The van der Waals surface area contributed by atoms with Crippen LogP contribution in [0.2, 0.25) is 5.02 Å². The Hall–Kier alpha value is -1.55. The molecule has 1 aromatic carbocycles. The van der Waals surface area contributed by atoms with Crippen LogP contribution in [0.3, 0.4) is 0 Å². The molecule has 142 valence electrons. The first-order valence-electron chi connectivity index (χ1n) is 9.99.